The van der Waals surface area contributed by atoms with Crippen molar-refractivity contribution >= 4 is 28.7 Å². The van der Waals surface area contributed by atoms with Gasteiger partial charge in [-0.2, -0.15) is 11.8 Å². The summed E-state index contributed by atoms with van der Waals surface area (Å²) in [6.45, 7) is 3.25. The molecule has 1 atom stereocenters. The normalized spacial score (nSPS) is 30.9. The maximum Gasteiger partial charge on any atom is 0.156 e. The summed E-state index contributed by atoms with van der Waals surface area (Å²) in [5, 5.41) is 4.70. The molecule has 0 amide bonds. The Morgan fingerprint density at radius 3 is 2.81 bits per heavy atom. The molecule has 1 heterocycles. The summed E-state index contributed by atoms with van der Waals surface area (Å²) in [4.78, 5) is 4.79. The van der Waals surface area contributed by atoms with Crippen molar-refractivity contribution in [3.8, 4) is 0 Å². The highest BCUT2D eigenvalue weighted by Gasteiger charge is 2.33. The molecule has 0 aromatic carbocycles. The second kappa shape index (κ2) is 5.67. The van der Waals surface area contributed by atoms with E-state index in [1.165, 1.54) is 43.0 Å². The first-order valence-electron chi connectivity index (χ1n) is 6.27. The lowest BCUT2D eigenvalue weighted by atomic mass is 10.1. The third-order valence-corrected chi connectivity index (χ3v) is 6.19. The lowest BCUT2D eigenvalue weighted by molar-refractivity contribution is 0.617. The van der Waals surface area contributed by atoms with Crippen molar-refractivity contribution in [3.63, 3.8) is 0 Å². The molecule has 0 spiro atoms. The molecule has 1 saturated carbocycles. The smallest absolute Gasteiger partial charge is 0.156 e. The van der Waals surface area contributed by atoms with Gasteiger partial charge < -0.3 is 5.32 Å². The fourth-order valence-corrected chi connectivity index (χ4v) is 4.39. The molecule has 0 aromatic heterocycles. The van der Waals surface area contributed by atoms with Crippen LogP contribution in [-0.4, -0.2) is 34.5 Å². The fourth-order valence-electron chi connectivity index (χ4n) is 2.41. The van der Waals surface area contributed by atoms with Crippen molar-refractivity contribution in [2.24, 2.45) is 4.99 Å². The highest BCUT2D eigenvalue weighted by molar-refractivity contribution is 8.14. The van der Waals surface area contributed by atoms with Crippen LogP contribution in [0.5, 0.6) is 0 Å². The van der Waals surface area contributed by atoms with E-state index in [2.05, 4.69) is 18.5 Å². The van der Waals surface area contributed by atoms with E-state index in [0.29, 0.717) is 10.8 Å². The van der Waals surface area contributed by atoms with Crippen molar-refractivity contribution in [2.45, 2.75) is 49.8 Å². The van der Waals surface area contributed by atoms with Gasteiger partial charge in [0.1, 0.15) is 0 Å². The summed E-state index contributed by atoms with van der Waals surface area (Å²) in [6.07, 6.45) is 8.95. The Balaban J connectivity index is 1.88. The monoisotopic (exact) mass is 258 g/mol. The van der Waals surface area contributed by atoms with Gasteiger partial charge in [0.25, 0.3) is 0 Å². The number of amidine groups is 1. The Kier molecular flexibility index (Phi) is 4.48. The number of rotatable bonds is 4. The first-order chi connectivity index (χ1) is 7.78. The molecule has 1 N–H and O–H groups in total. The minimum Gasteiger partial charge on any atom is -0.361 e. The Labute approximate surface area is 107 Å². The number of hydrogen-bond donors (Lipinski definition) is 1. The maximum absolute atomic E-state index is 4.79. The standard InChI is InChI=1S/C12H22N2S2/c1-3-10-8-16-11(14-10)13-9-12(15-2)6-4-5-7-12/h10H,3-9H2,1-2H3,(H,13,14). The van der Waals surface area contributed by atoms with Crippen molar-refractivity contribution in [2.75, 3.05) is 18.6 Å². The Morgan fingerprint density at radius 2 is 2.25 bits per heavy atom. The zero-order valence-electron chi connectivity index (χ0n) is 10.3. The molecule has 1 aliphatic carbocycles. The molecule has 2 rings (SSSR count). The van der Waals surface area contributed by atoms with Gasteiger partial charge >= 0.3 is 0 Å². The summed E-state index contributed by atoms with van der Waals surface area (Å²) in [7, 11) is 0. The predicted octanol–water partition coefficient (Wildman–Crippen LogP) is 3.13. The van der Waals surface area contributed by atoms with E-state index in [-0.39, 0.29) is 0 Å². The average Bonchev–Trinajstić information content (AvgIpc) is 2.96. The van der Waals surface area contributed by atoms with Crippen LogP contribution >= 0.6 is 23.5 Å². The van der Waals surface area contributed by atoms with Gasteiger partial charge in [-0.1, -0.05) is 31.5 Å². The van der Waals surface area contributed by atoms with Crippen molar-refractivity contribution in [1.29, 1.82) is 0 Å². The topological polar surface area (TPSA) is 24.4 Å². The fraction of sp³-hybridized carbons (Fsp3) is 0.917. The molecule has 2 nitrogen and oxygen atoms in total. The molecule has 92 valence electrons. The zero-order chi connectivity index (χ0) is 11.4. The third-order valence-electron chi connectivity index (χ3n) is 3.70. The number of aliphatic imine (C=N–C) groups is 1. The highest BCUT2D eigenvalue weighted by Crippen LogP contribution is 2.40. The first-order valence-corrected chi connectivity index (χ1v) is 8.48. The largest absolute Gasteiger partial charge is 0.361 e. The second-order valence-electron chi connectivity index (χ2n) is 4.78. The van der Waals surface area contributed by atoms with E-state index in [1.54, 1.807) is 0 Å². The van der Waals surface area contributed by atoms with E-state index in [0.717, 1.165) is 6.54 Å². The van der Waals surface area contributed by atoms with E-state index < -0.39 is 0 Å². The van der Waals surface area contributed by atoms with Gasteiger partial charge in [-0.05, 0) is 25.5 Å². The zero-order valence-corrected chi connectivity index (χ0v) is 11.9. The van der Waals surface area contributed by atoms with E-state index in [1.807, 2.05) is 23.5 Å². The van der Waals surface area contributed by atoms with Crippen LogP contribution in [0.4, 0.5) is 0 Å². The lowest BCUT2D eigenvalue weighted by Crippen LogP contribution is -2.29. The number of nitrogens with one attached hydrogen (secondary N) is 1. The minimum atomic E-state index is 0.458. The van der Waals surface area contributed by atoms with Crippen LogP contribution in [0, 0.1) is 0 Å². The van der Waals surface area contributed by atoms with Gasteiger partial charge in [0.15, 0.2) is 5.17 Å². The molecule has 4 heteroatoms. The first kappa shape index (κ1) is 12.6. The lowest BCUT2D eigenvalue weighted by Gasteiger charge is -2.24. The van der Waals surface area contributed by atoms with Crippen LogP contribution in [-0.2, 0) is 0 Å². The van der Waals surface area contributed by atoms with Crippen LogP contribution in [0.1, 0.15) is 39.0 Å². The molecule has 0 bridgehead atoms. The van der Waals surface area contributed by atoms with Gasteiger partial charge in [0.2, 0.25) is 0 Å². The van der Waals surface area contributed by atoms with Crippen molar-refractivity contribution < 1.29 is 0 Å². The summed E-state index contributed by atoms with van der Waals surface area (Å²) < 4.78 is 0.458. The second-order valence-corrected chi connectivity index (χ2v) is 7.06. The number of nitrogens with zero attached hydrogens (tertiary/aromatic N) is 1. The van der Waals surface area contributed by atoms with E-state index in [4.69, 9.17) is 4.99 Å². The third kappa shape index (κ3) is 2.89. The molecule has 1 aliphatic heterocycles. The Morgan fingerprint density at radius 1 is 1.50 bits per heavy atom. The van der Waals surface area contributed by atoms with Gasteiger partial charge in [0.05, 0.1) is 6.54 Å². The van der Waals surface area contributed by atoms with Crippen molar-refractivity contribution in [1.82, 2.24) is 5.32 Å². The van der Waals surface area contributed by atoms with Gasteiger partial charge in [-0.3, -0.25) is 4.99 Å². The molecule has 2 fully saturated rings. The van der Waals surface area contributed by atoms with Crippen molar-refractivity contribution in [3.05, 3.63) is 0 Å². The quantitative estimate of drug-likeness (QED) is 0.838. The average molecular weight is 258 g/mol. The van der Waals surface area contributed by atoms with Crippen LogP contribution in [0.25, 0.3) is 0 Å². The maximum atomic E-state index is 4.79. The van der Waals surface area contributed by atoms with Gasteiger partial charge in [-0.25, -0.2) is 0 Å². The summed E-state index contributed by atoms with van der Waals surface area (Å²) in [6, 6.07) is 0.651. The molecular formula is C12H22N2S2. The van der Waals surface area contributed by atoms with E-state index >= 15 is 0 Å². The molecule has 2 aliphatic rings. The number of hydrogen-bond acceptors (Lipinski definition) is 3. The summed E-state index contributed by atoms with van der Waals surface area (Å²) >= 11 is 3.92. The van der Waals surface area contributed by atoms with Crippen LogP contribution < -0.4 is 5.32 Å². The molecular weight excluding hydrogens is 236 g/mol. The molecule has 0 aromatic rings. The summed E-state index contributed by atoms with van der Waals surface area (Å²) in [5.41, 5.74) is 0. The Hall–Kier alpha value is 0.170. The molecule has 16 heavy (non-hydrogen) atoms. The minimum absolute atomic E-state index is 0.458. The molecule has 1 unspecified atom stereocenters. The van der Waals surface area contributed by atoms with Crippen LogP contribution in [0.15, 0.2) is 4.99 Å². The van der Waals surface area contributed by atoms with Gasteiger partial charge in [0, 0.05) is 16.5 Å². The van der Waals surface area contributed by atoms with Crippen LogP contribution in [0.3, 0.4) is 0 Å². The molecule has 0 radical (unpaired) electrons. The van der Waals surface area contributed by atoms with Crippen LogP contribution in [0.2, 0.25) is 0 Å². The summed E-state index contributed by atoms with van der Waals surface area (Å²) in [5.74, 6) is 1.20. The molecule has 1 saturated heterocycles. The highest BCUT2D eigenvalue weighted by atomic mass is 32.2. The Bertz CT molecular complexity index is 260. The van der Waals surface area contributed by atoms with Gasteiger partial charge in [-0.15, -0.1) is 0 Å². The SMILES string of the molecule is CCC1CSC(=NCC2(SC)CCCC2)N1. The van der Waals surface area contributed by atoms with E-state index in [9.17, 15) is 0 Å². The predicted molar refractivity (Wildman–Crippen MR) is 76.7 cm³/mol. The number of thioether (sulfide) groups is 2.